The highest BCUT2D eigenvalue weighted by molar-refractivity contribution is 9.10. The van der Waals surface area contributed by atoms with Gasteiger partial charge in [-0.3, -0.25) is 0 Å². The summed E-state index contributed by atoms with van der Waals surface area (Å²) in [5.74, 6) is 1.35. The van der Waals surface area contributed by atoms with E-state index >= 15 is 0 Å². The van der Waals surface area contributed by atoms with Crippen LogP contribution in [-0.4, -0.2) is 23.4 Å². The number of phenolic OH excluding ortho intramolecular Hbond substituents is 1. The SMILES string of the molecule is CCNC(CSc1ccc(Br)cc1)Cc1ccc(O)cc1. The molecule has 0 aliphatic carbocycles. The molecule has 2 N–H and O–H groups in total. The summed E-state index contributed by atoms with van der Waals surface area (Å²) in [5.41, 5.74) is 1.25. The Morgan fingerprint density at radius 2 is 1.76 bits per heavy atom. The largest absolute Gasteiger partial charge is 0.508 e. The molecule has 1 atom stereocenters. The normalized spacial score (nSPS) is 12.3. The molecule has 4 heteroatoms. The summed E-state index contributed by atoms with van der Waals surface area (Å²) in [7, 11) is 0. The van der Waals surface area contributed by atoms with Crippen molar-refractivity contribution in [3.8, 4) is 5.75 Å². The van der Waals surface area contributed by atoms with Gasteiger partial charge < -0.3 is 10.4 Å². The van der Waals surface area contributed by atoms with Crippen molar-refractivity contribution in [2.45, 2.75) is 24.3 Å². The number of phenols is 1. The predicted molar refractivity (Wildman–Crippen MR) is 94.1 cm³/mol. The Morgan fingerprint density at radius 3 is 2.38 bits per heavy atom. The van der Waals surface area contributed by atoms with E-state index in [9.17, 15) is 5.11 Å². The van der Waals surface area contributed by atoms with Crippen molar-refractivity contribution in [1.82, 2.24) is 5.32 Å². The van der Waals surface area contributed by atoms with Crippen LogP contribution in [0.1, 0.15) is 12.5 Å². The number of likely N-dealkylation sites (N-methyl/N-ethyl adjacent to an activating group) is 1. The van der Waals surface area contributed by atoms with Crippen LogP contribution in [0.4, 0.5) is 0 Å². The number of hydrogen-bond donors (Lipinski definition) is 2. The summed E-state index contributed by atoms with van der Waals surface area (Å²) in [4.78, 5) is 1.28. The van der Waals surface area contributed by atoms with Gasteiger partial charge in [0, 0.05) is 21.2 Å². The average molecular weight is 366 g/mol. The Bertz CT molecular complexity index is 542. The Balaban J connectivity index is 1.92. The molecule has 1 unspecified atom stereocenters. The summed E-state index contributed by atoms with van der Waals surface area (Å²) in [6, 6.07) is 16.3. The van der Waals surface area contributed by atoms with Crippen molar-refractivity contribution in [1.29, 1.82) is 0 Å². The first-order valence-electron chi connectivity index (χ1n) is 7.07. The van der Waals surface area contributed by atoms with E-state index < -0.39 is 0 Å². The fourth-order valence-electron chi connectivity index (χ4n) is 2.12. The van der Waals surface area contributed by atoms with Gasteiger partial charge >= 0.3 is 0 Å². The zero-order valence-corrected chi connectivity index (χ0v) is 14.5. The summed E-state index contributed by atoms with van der Waals surface area (Å²) in [5, 5.41) is 12.9. The lowest BCUT2D eigenvalue weighted by molar-refractivity contribution is 0.474. The van der Waals surface area contributed by atoms with Crippen LogP contribution in [0, 0.1) is 0 Å². The molecule has 0 fully saturated rings. The van der Waals surface area contributed by atoms with Crippen molar-refractivity contribution >= 4 is 27.7 Å². The topological polar surface area (TPSA) is 32.3 Å². The maximum absolute atomic E-state index is 9.35. The van der Waals surface area contributed by atoms with E-state index in [0.29, 0.717) is 11.8 Å². The quantitative estimate of drug-likeness (QED) is 0.710. The number of halogens is 1. The zero-order valence-electron chi connectivity index (χ0n) is 12.1. The molecule has 2 rings (SSSR count). The van der Waals surface area contributed by atoms with Crippen LogP contribution < -0.4 is 5.32 Å². The third-order valence-corrected chi connectivity index (χ3v) is 4.88. The molecular weight excluding hydrogens is 346 g/mol. The molecule has 0 spiro atoms. The number of benzene rings is 2. The first-order chi connectivity index (χ1) is 10.2. The van der Waals surface area contributed by atoms with Gasteiger partial charge in [-0.25, -0.2) is 0 Å². The second-order valence-electron chi connectivity index (χ2n) is 4.89. The number of thioether (sulfide) groups is 1. The predicted octanol–water partition coefficient (Wildman–Crippen LogP) is 4.47. The van der Waals surface area contributed by atoms with Gasteiger partial charge in [0.25, 0.3) is 0 Å². The van der Waals surface area contributed by atoms with Crippen LogP contribution >= 0.6 is 27.7 Å². The highest BCUT2D eigenvalue weighted by atomic mass is 79.9. The van der Waals surface area contributed by atoms with Gasteiger partial charge in [-0.15, -0.1) is 11.8 Å². The van der Waals surface area contributed by atoms with Crippen molar-refractivity contribution in [3.63, 3.8) is 0 Å². The molecule has 0 amide bonds. The van der Waals surface area contributed by atoms with Gasteiger partial charge in [-0.2, -0.15) is 0 Å². The molecule has 0 bridgehead atoms. The summed E-state index contributed by atoms with van der Waals surface area (Å²) in [6.45, 7) is 3.10. The van der Waals surface area contributed by atoms with Crippen molar-refractivity contribution in [2.24, 2.45) is 0 Å². The molecule has 21 heavy (non-hydrogen) atoms. The molecular formula is C17H20BrNOS. The van der Waals surface area contributed by atoms with E-state index in [1.807, 2.05) is 23.9 Å². The lowest BCUT2D eigenvalue weighted by Gasteiger charge is -2.17. The van der Waals surface area contributed by atoms with Gasteiger partial charge in [0.2, 0.25) is 0 Å². The minimum atomic E-state index is 0.322. The lowest BCUT2D eigenvalue weighted by atomic mass is 10.1. The molecule has 0 aliphatic rings. The van der Waals surface area contributed by atoms with Crippen molar-refractivity contribution in [3.05, 3.63) is 58.6 Å². The van der Waals surface area contributed by atoms with E-state index in [2.05, 4.69) is 52.4 Å². The standard InChI is InChI=1S/C17H20BrNOS/c1-2-19-15(11-13-3-7-16(20)8-4-13)12-21-17-9-5-14(18)6-10-17/h3-10,15,19-20H,2,11-12H2,1H3. The molecule has 0 aromatic heterocycles. The van der Waals surface area contributed by atoms with Gasteiger partial charge in [0.15, 0.2) is 0 Å². The average Bonchev–Trinajstić information content (AvgIpc) is 2.49. The Morgan fingerprint density at radius 1 is 1.10 bits per heavy atom. The minimum Gasteiger partial charge on any atom is -0.508 e. The number of hydrogen-bond acceptors (Lipinski definition) is 3. The summed E-state index contributed by atoms with van der Waals surface area (Å²) < 4.78 is 1.11. The second kappa shape index (κ2) is 8.47. The maximum atomic E-state index is 9.35. The Labute approximate surface area is 139 Å². The molecule has 2 nitrogen and oxygen atoms in total. The fourth-order valence-corrected chi connectivity index (χ4v) is 3.35. The van der Waals surface area contributed by atoms with Crippen LogP contribution in [0.25, 0.3) is 0 Å². The molecule has 2 aromatic rings. The van der Waals surface area contributed by atoms with Crippen LogP contribution in [0.5, 0.6) is 5.75 Å². The third kappa shape index (κ3) is 5.73. The molecule has 0 saturated carbocycles. The van der Waals surface area contributed by atoms with E-state index in [0.717, 1.165) is 23.2 Å². The Kier molecular flexibility index (Phi) is 6.61. The molecule has 0 aliphatic heterocycles. The van der Waals surface area contributed by atoms with Crippen LogP contribution in [-0.2, 0) is 6.42 Å². The molecule has 0 saturated heterocycles. The first-order valence-corrected chi connectivity index (χ1v) is 8.85. The monoisotopic (exact) mass is 365 g/mol. The van der Waals surface area contributed by atoms with Gasteiger partial charge in [-0.05, 0) is 54.9 Å². The highest BCUT2D eigenvalue weighted by Gasteiger charge is 2.09. The second-order valence-corrected chi connectivity index (χ2v) is 6.90. The smallest absolute Gasteiger partial charge is 0.115 e. The van der Waals surface area contributed by atoms with Crippen LogP contribution in [0.3, 0.4) is 0 Å². The number of nitrogens with one attached hydrogen (secondary N) is 1. The van der Waals surface area contributed by atoms with Crippen LogP contribution in [0.2, 0.25) is 0 Å². The minimum absolute atomic E-state index is 0.322. The van der Waals surface area contributed by atoms with Gasteiger partial charge in [0.05, 0.1) is 0 Å². The molecule has 2 aromatic carbocycles. The van der Waals surface area contributed by atoms with Crippen LogP contribution in [0.15, 0.2) is 57.9 Å². The Hall–Kier alpha value is -0.970. The fraction of sp³-hybridized carbons (Fsp3) is 0.294. The highest BCUT2D eigenvalue weighted by Crippen LogP contribution is 2.22. The van der Waals surface area contributed by atoms with E-state index in [4.69, 9.17) is 0 Å². The van der Waals surface area contributed by atoms with E-state index in [-0.39, 0.29) is 0 Å². The summed E-state index contributed by atoms with van der Waals surface area (Å²) >= 11 is 5.33. The molecule has 0 radical (unpaired) electrons. The van der Waals surface area contributed by atoms with Gasteiger partial charge in [-0.1, -0.05) is 35.0 Å². The number of rotatable bonds is 7. The third-order valence-electron chi connectivity index (χ3n) is 3.18. The van der Waals surface area contributed by atoms with E-state index in [1.165, 1.54) is 10.5 Å². The first kappa shape index (κ1) is 16.4. The summed E-state index contributed by atoms with van der Waals surface area (Å²) in [6.07, 6.45) is 0.970. The van der Waals surface area contributed by atoms with Gasteiger partial charge in [0.1, 0.15) is 5.75 Å². The zero-order chi connectivity index (χ0) is 15.1. The van der Waals surface area contributed by atoms with E-state index in [1.54, 1.807) is 12.1 Å². The van der Waals surface area contributed by atoms with Crippen molar-refractivity contribution in [2.75, 3.05) is 12.3 Å². The maximum Gasteiger partial charge on any atom is 0.115 e. The van der Waals surface area contributed by atoms with Crippen molar-refractivity contribution < 1.29 is 5.11 Å². The molecule has 112 valence electrons. The molecule has 0 heterocycles. The lowest BCUT2D eigenvalue weighted by Crippen LogP contribution is -2.33. The number of aromatic hydroxyl groups is 1.